The summed E-state index contributed by atoms with van der Waals surface area (Å²) >= 11 is 0. The standard InChI is InChI=1S/C26H26FN9O/c1-16-12-19-20(29-16)5-6-21(25(19)27)37-26-31-22(30-23-13-17(2)33-34-23)14-24(32-26)36-10-8-35(9-11-36)18-4-3-7-28-15-18/h3-7,12-15,29H,8-11H2,1-2H3,(H2,30,31,32,33,34). The number of aromatic nitrogens is 6. The van der Waals surface area contributed by atoms with E-state index in [1.54, 1.807) is 24.4 Å². The van der Waals surface area contributed by atoms with Crippen molar-refractivity contribution in [3.63, 3.8) is 0 Å². The second-order valence-electron chi connectivity index (χ2n) is 9.03. The fraction of sp³-hybridized carbons (Fsp3) is 0.231. The van der Waals surface area contributed by atoms with Crippen LogP contribution in [0.4, 0.5) is 27.5 Å². The van der Waals surface area contributed by atoms with Crippen molar-refractivity contribution in [1.29, 1.82) is 0 Å². The Hall–Kier alpha value is -4.67. The monoisotopic (exact) mass is 499 g/mol. The molecule has 4 aromatic heterocycles. The lowest BCUT2D eigenvalue weighted by Crippen LogP contribution is -2.46. The number of pyridine rings is 1. The van der Waals surface area contributed by atoms with E-state index in [1.807, 2.05) is 38.2 Å². The van der Waals surface area contributed by atoms with Crippen LogP contribution in [0.2, 0.25) is 0 Å². The van der Waals surface area contributed by atoms with E-state index in [-0.39, 0.29) is 11.8 Å². The molecule has 3 N–H and O–H groups in total. The molecule has 0 radical (unpaired) electrons. The van der Waals surface area contributed by atoms with Gasteiger partial charge < -0.3 is 24.8 Å². The van der Waals surface area contributed by atoms with Crippen molar-refractivity contribution in [1.82, 2.24) is 30.1 Å². The number of piperazine rings is 1. The van der Waals surface area contributed by atoms with Gasteiger partial charge in [0.2, 0.25) is 0 Å². The SMILES string of the molecule is Cc1cc(Nc2cc(N3CCN(c4cccnc4)CC3)nc(Oc3ccc4[nH]c(C)cc4c3F)n2)n[nH]1. The molecule has 37 heavy (non-hydrogen) atoms. The highest BCUT2D eigenvalue weighted by Gasteiger charge is 2.21. The van der Waals surface area contributed by atoms with Gasteiger partial charge in [-0.25, -0.2) is 4.39 Å². The average Bonchev–Trinajstić information content (AvgIpc) is 3.51. The van der Waals surface area contributed by atoms with E-state index in [4.69, 9.17) is 4.74 Å². The second-order valence-corrected chi connectivity index (χ2v) is 9.03. The first-order valence-electron chi connectivity index (χ1n) is 12.1. The van der Waals surface area contributed by atoms with Gasteiger partial charge in [-0.3, -0.25) is 10.1 Å². The molecule has 5 aromatic rings. The van der Waals surface area contributed by atoms with Crippen molar-refractivity contribution in [2.45, 2.75) is 13.8 Å². The smallest absolute Gasteiger partial charge is 0.326 e. The van der Waals surface area contributed by atoms with E-state index in [2.05, 4.69) is 51.3 Å². The highest BCUT2D eigenvalue weighted by Crippen LogP contribution is 2.31. The summed E-state index contributed by atoms with van der Waals surface area (Å²) in [4.78, 5) is 21.0. The lowest BCUT2D eigenvalue weighted by molar-refractivity contribution is 0.414. The van der Waals surface area contributed by atoms with Gasteiger partial charge in [-0.15, -0.1) is 0 Å². The van der Waals surface area contributed by atoms with Gasteiger partial charge in [0, 0.05) is 66.8 Å². The quantitative estimate of drug-likeness (QED) is 0.309. The molecule has 1 saturated heterocycles. The number of nitrogens with one attached hydrogen (secondary N) is 3. The second kappa shape index (κ2) is 9.41. The van der Waals surface area contributed by atoms with Gasteiger partial charge in [-0.2, -0.15) is 15.1 Å². The van der Waals surface area contributed by atoms with E-state index >= 15 is 4.39 Å². The molecule has 0 aliphatic carbocycles. The number of benzene rings is 1. The van der Waals surface area contributed by atoms with Gasteiger partial charge in [0.15, 0.2) is 17.4 Å². The number of fused-ring (bicyclic) bond motifs is 1. The van der Waals surface area contributed by atoms with Crippen LogP contribution < -0.4 is 19.9 Å². The zero-order chi connectivity index (χ0) is 25.4. The highest BCUT2D eigenvalue weighted by atomic mass is 19.1. The molecule has 5 heterocycles. The van der Waals surface area contributed by atoms with Gasteiger partial charge >= 0.3 is 6.01 Å². The molecule has 11 heteroatoms. The summed E-state index contributed by atoms with van der Waals surface area (Å²) in [5, 5.41) is 10.8. The number of rotatable bonds is 6. The summed E-state index contributed by atoms with van der Waals surface area (Å²) in [7, 11) is 0. The molecule has 188 valence electrons. The van der Waals surface area contributed by atoms with Crippen molar-refractivity contribution in [3.05, 3.63) is 72.1 Å². The predicted molar refractivity (Wildman–Crippen MR) is 140 cm³/mol. The van der Waals surface area contributed by atoms with Crippen LogP contribution in [0.25, 0.3) is 10.9 Å². The third-order valence-electron chi connectivity index (χ3n) is 6.31. The summed E-state index contributed by atoms with van der Waals surface area (Å²) in [6.45, 7) is 6.91. The summed E-state index contributed by atoms with van der Waals surface area (Å²) in [6, 6.07) is 12.9. The Morgan fingerprint density at radius 1 is 0.946 bits per heavy atom. The lowest BCUT2D eigenvalue weighted by Gasteiger charge is -2.36. The molecular formula is C26H26FN9O. The molecule has 6 rings (SSSR count). The number of aromatic amines is 2. The van der Waals surface area contributed by atoms with Crippen LogP contribution >= 0.6 is 0 Å². The highest BCUT2D eigenvalue weighted by molar-refractivity contribution is 5.82. The number of aryl methyl sites for hydroxylation is 2. The Balaban J connectivity index is 1.29. The largest absolute Gasteiger partial charge is 0.421 e. The molecule has 10 nitrogen and oxygen atoms in total. The average molecular weight is 500 g/mol. The molecule has 0 saturated carbocycles. The molecule has 1 aromatic carbocycles. The molecule has 1 fully saturated rings. The number of H-pyrrole nitrogens is 2. The summed E-state index contributed by atoms with van der Waals surface area (Å²) < 4.78 is 21.1. The van der Waals surface area contributed by atoms with Crippen molar-refractivity contribution in [3.8, 4) is 11.8 Å². The number of anilines is 4. The van der Waals surface area contributed by atoms with E-state index in [0.29, 0.717) is 28.4 Å². The maximum atomic E-state index is 15.2. The van der Waals surface area contributed by atoms with Crippen molar-refractivity contribution >= 4 is 34.0 Å². The van der Waals surface area contributed by atoms with Crippen LogP contribution in [0.5, 0.6) is 11.8 Å². The maximum absolute atomic E-state index is 15.2. The van der Waals surface area contributed by atoms with Crippen molar-refractivity contribution in [2.24, 2.45) is 0 Å². The number of hydrogen-bond donors (Lipinski definition) is 3. The fourth-order valence-electron chi connectivity index (χ4n) is 4.50. The first-order chi connectivity index (χ1) is 18.0. The Morgan fingerprint density at radius 3 is 2.54 bits per heavy atom. The minimum atomic E-state index is -0.460. The Morgan fingerprint density at radius 2 is 1.78 bits per heavy atom. The first-order valence-corrected chi connectivity index (χ1v) is 12.1. The number of halogens is 1. The molecule has 0 spiro atoms. The summed E-state index contributed by atoms with van der Waals surface area (Å²) in [6.07, 6.45) is 3.65. The third-order valence-corrected chi connectivity index (χ3v) is 6.31. The van der Waals surface area contributed by atoms with Crippen LogP contribution in [-0.4, -0.2) is 56.3 Å². The molecule has 0 amide bonds. The maximum Gasteiger partial charge on any atom is 0.326 e. The predicted octanol–water partition coefficient (Wildman–Crippen LogP) is 4.69. The fourth-order valence-corrected chi connectivity index (χ4v) is 4.50. The topological polar surface area (TPSA) is 111 Å². The number of hydrogen-bond acceptors (Lipinski definition) is 8. The Labute approximate surface area is 212 Å². The number of ether oxygens (including phenoxy) is 1. The molecule has 0 unspecified atom stereocenters. The van der Waals surface area contributed by atoms with E-state index < -0.39 is 5.82 Å². The minimum absolute atomic E-state index is 0.0486. The van der Waals surface area contributed by atoms with Gasteiger partial charge in [0.1, 0.15) is 11.6 Å². The van der Waals surface area contributed by atoms with Crippen molar-refractivity contribution in [2.75, 3.05) is 41.3 Å². The van der Waals surface area contributed by atoms with Crippen LogP contribution in [0, 0.1) is 19.7 Å². The summed E-state index contributed by atoms with van der Waals surface area (Å²) in [5.41, 5.74) is 3.59. The van der Waals surface area contributed by atoms with E-state index in [0.717, 1.165) is 43.3 Å². The molecule has 1 aliphatic rings. The Kier molecular flexibility index (Phi) is 5.79. The van der Waals surface area contributed by atoms with Crippen LogP contribution in [0.15, 0.2) is 54.9 Å². The van der Waals surface area contributed by atoms with Crippen LogP contribution in [-0.2, 0) is 0 Å². The third kappa shape index (κ3) is 4.75. The first kappa shape index (κ1) is 22.8. The number of nitrogens with zero attached hydrogens (tertiary/aromatic N) is 6. The zero-order valence-electron chi connectivity index (χ0n) is 20.5. The van der Waals surface area contributed by atoms with Gasteiger partial charge in [-0.05, 0) is 44.2 Å². The van der Waals surface area contributed by atoms with Crippen LogP contribution in [0.3, 0.4) is 0 Å². The van der Waals surface area contributed by atoms with Gasteiger partial charge in [-0.1, -0.05) is 0 Å². The lowest BCUT2D eigenvalue weighted by atomic mass is 10.2. The minimum Gasteiger partial charge on any atom is -0.421 e. The van der Waals surface area contributed by atoms with E-state index in [1.165, 1.54) is 0 Å². The molecular weight excluding hydrogens is 473 g/mol. The normalized spacial score (nSPS) is 13.8. The molecule has 0 bridgehead atoms. The van der Waals surface area contributed by atoms with Crippen molar-refractivity contribution < 1.29 is 9.13 Å². The molecule has 0 atom stereocenters. The summed E-state index contributed by atoms with van der Waals surface area (Å²) in [5.74, 6) is 1.40. The van der Waals surface area contributed by atoms with E-state index in [9.17, 15) is 0 Å². The Bertz CT molecular complexity index is 1540. The molecule has 1 aliphatic heterocycles. The van der Waals surface area contributed by atoms with Crippen LogP contribution in [0.1, 0.15) is 11.4 Å². The van der Waals surface area contributed by atoms with Gasteiger partial charge in [0.05, 0.1) is 11.9 Å². The van der Waals surface area contributed by atoms with Gasteiger partial charge in [0.25, 0.3) is 0 Å². The zero-order valence-corrected chi connectivity index (χ0v) is 20.5.